The lowest BCUT2D eigenvalue weighted by Gasteiger charge is -2.47. The molecule has 0 N–H and O–H groups in total. The van der Waals surface area contributed by atoms with Crippen LogP contribution in [0.1, 0.15) is 65.2 Å². The summed E-state index contributed by atoms with van der Waals surface area (Å²) in [7, 11) is 0. The van der Waals surface area contributed by atoms with Gasteiger partial charge < -0.3 is 0 Å². The monoisotopic (exact) mass is 250 g/mol. The van der Waals surface area contributed by atoms with Gasteiger partial charge in [0.1, 0.15) is 0 Å². The van der Waals surface area contributed by atoms with E-state index in [0.717, 1.165) is 44.9 Å². The van der Waals surface area contributed by atoms with E-state index in [1.54, 1.807) is 12.2 Å². The lowest BCUT2D eigenvalue weighted by Crippen LogP contribution is -2.48. The minimum absolute atomic E-state index is 0.163. The lowest BCUT2D eigenvalue weighted by atomic mass is 9.61. The van der Waals surface area contributed by atoms with Crippen molar-refractivity contribution in [1.82, 2.24) is 0 Å². The Hall–Kier alpha value is -1.24. The average molecular weight is 250 g/mol. The molecule has 0 aromatic rings. The van der Waals surface area contributed by atoms with Crippen LogP contribution in [0.25, 0.3) is 0 Å². The third-order valence-electron chi connectivity index (χ3n) is 4.20. The highest BCUT2D eigenvalue weighted by atomic mass is 16.1. The molecule has 0 aromatic carbocycles. The molecule has 0 aromatic heterocycles. The van der Waals surface area contributed by atoms with Crippen molar-refractivity contribution in [3.05, 3.63) is 0 Å². The summed E-state index contributed by atoms with van der Waals surface area (Å²) in [4.78, 5) is 29.5. The van der Waals surface area contributed by atoms with Crippen molar-refractivity contribution in [2.45, 2.75) is 70.9 Å². The minimum Gasteiger partial charge on any atom is -0.211 e. The zero-order chi connectivity index (χ0) is 13.5. The second-order valence-corrected chi connectivity index (χ2v) is 5.21. The van der Waals surface area contributed by atoms with Crippen LogP contribution in [-0.2, 0) is 9.59 Å². The van der Waals surface area contributed by atoms with Gasteiger partial charge in [0.2, 0.25) is 12.2 Å². The molecule has 0 atom stereocenters. The zero-order valence-corrected chi connectivity index (χ0v) is 11.4. The first-order valence-corrected chi connectivity index (χ1v) is 6.88. The van der Waals surface area contributed by atoms with Crippen molar-refractivity contribution in [2.24, 2.45) is 15.4 Å². The molecule has 1 rings (SSSR count). The van der Waals surface area contributed by atoms with Gasteiger partial charge >= 0.3 is 0 Å². The highest BCUT2D eigenvalue weighted by Gasteiger charge is 2.52. The second kappa shape index (κ2) is 6.63. The predicted octanol–water partition coefficient (Wildman–Crippen LogP) is 3.51. The van der Waals surface area contributed by atoms with Crippen molar-refractivity contribution in [2.75, 3.05) is 0 Å². The molecule has 0 radical (unpaired) electrons. The smallest absolute Gasteiger partial charge is 0.211 e. The van der Waals surface area contributed by atoms with E-state index in [1.165, 1.54) is 0 Å². The molecule has 1 fully saturated rings. The SMILES string of the molecule is CCCC1(CCC)CCCCC1(N=C=O)N=C=O. The molecule has 1 aliphatic rings. The zero-order valence-electron chi connectivity index (χ0n) is 11.4. The number of hydrogen-bond acceptors (Lipinski definition) is 4. The van der Waals surface area contributed by atoms with Crippen LogP contribution >= 0.6 is 0 Å². The van der Waals surface area contributed by atoms with E-state index in [1.807, 2.05) is 0 Å². The van der Waals surface area contributed by atoms with Crippen LogP contribution in [0.4, 0.5) is 0 Å². The van der Waals surface area contributed by atoms with Gasteiger partial charge in [0.05, 0.1) is 0 Å². The Kier molecular flexibility index (Phi) is 5.46. The van der Waals surface area contributed by atoms with Gasteiger partial charge in [-0.1, -0.05) is 33.1 Å². The Morgan fingerprint density at radius 2 is 1.44 bits per heavy atom. The quantitative estimate of drug-likeness (QED) is 0.535. The van der Waals surface area contributed by atoms with Crippen LogP contribution in [0.3, 0.4) is 0 Å². The first-order chi connectivity index (χ1) is 8.70. The number of aliphatic imine (C=N–C) groups is 2. The van der Waals surface area contributed by atoms with Crippen LogP contribution in [0.15, 0.2) is 9.98 Å². The summed E-state index contributed by atoms with van der Waals surface area (Å²) in [6.45, 7) is 4.23. The highest BCUT2D eigenvalue weighted by Crippen LogP contribution is 2.53. The fourth-order valence-electron chi connectivity index (χ4n) is 3.56. The topological polar surface area (TPSA) is 58.9 Å². The Balaban J connectivity index is 3.28. The average Bonchev–Trinajstić information content (AvgIpc) is 2.34. The second-order valence-electron chi connectivity index (χ2n) is 5.21. The van der Waals surface area contributed by atoms with E-state index in [4.69, 9.17) is 0 Å². The number of isocyanates is 2. The molecule has 1 aliphatic carbocycles. The maximum absolute atomic E-state index is 10.8. The van der Waals surface area contributed by atoms with Gasteiger partial charge in [0.25, 0.3) is 0 Å². The summed E-state index contributed by atoms with van der Waals surface area (Å²) in [6, 6.07) is 0. The van der Waals surface area contributed by atoms with Crippen LogP contribution in [-0.4, -0.2) is 17.8 Å². The van der Waals surface area contributed by atoms with Crippen LogP contribution in [0, 0.1) is 5.41 Å². The molecule has 0 saturated heterocycles. The molecule has 0 amide bonds. The van der Waals surface area contributed by atoms with Crippen molar-refractivity contribution in [3.8, 4) is 0 Å². The van der Waals surface area contributed by atoms with Crippen LogP contribution in [0.5, 0.6) is 0 Å². The maximum Gasteiger partial charge on any atom is 0.237 e. The summed E-state index contributed by atoms with van der Waals surface area (Å²) in [5, 5.41) is 0. The van der Waals surface area contributed by atoms with Crippen molar-refractivity contribution in [3.63, 3.8) is 0 Å². The molecular weight excluding hydrogens is 228 g/mol. The molecule has 0 aliphatic heterocycles. The van der Waals surface area contributed by atoms with Crippen LogP contribution < -0.4 is 0 Å². The van der Waals surface area contributed by atoms with E-state index < -0.39 is 5.66 Å². The van der Waals surface area contributed by atoms with Gasteiger partial charge in [0, 0.05) is 5.41 Å². The van der Waals surface area contributed by atoms with Crippen molar-refractivity contribution in [1.29, 1.82) is 0 Å². The van der Waals surface area contributed by atoms with E-state index >= 15 is 0 Å². The van der Waals surface area contributed by atoms with Crippen LogP contribution in [0.2, 0.25) is 0 Å². The Morgan fingerprint density at radius 1 is 0.944 bits per heavy atom. The molecule has 100 valence electrons. The maximum atomic E-state index is 10.8. The molecule has 0 heterocycles. The molecule has 4 nitrogen and oxygen atoms in total. The standard InChI is InChI=1S/C14H22N2O2/c1-3-7-13(8-4-2)9-5-6-10-14(13,15-11-17)16-12-18/h3-10H2,1-2H3. The first-order valence-electron chi connectivity index (χ1n) is 6.88. The molecule has 0 bridgehead atoms. The Morgan fingerprint density at radius 3 is 1.89 bits per heavy atom. The third-order valence-corrected chi connectivity index (χ3v) is 4.20. The largest absolute Gasteiger partial charge is 0.237 e. The van der Waals surface area contributed by atoms with E-state index in [-0.39, 0.29) is 5.41 Å². The summed E-state index contributed by atoms with van der Waals surface area (Å²) in [5.74, 6) is 0. The Bertz CT molecular complexity index is 336. The number of hydrogen-bond donors (Lipinski definition) is 0. The minimum atomic E-state index is -0.902. The van der Waals surface area contributed by atoms with Gasteiger partial charge in [0.15, 0.2) is 5.66 Å². The lowest BCUT2D eigenvalue weighted by molar-refractivity contribution is 0.0473. The van der Waals surface area contributed by atoms with Crippen molar-refractivity contribution >= 4 is 12.2 Å². The van der Waals surface area contributed by atoms with E-state index in [9.17, 15) is 9.59 Å². The van der Waals surface area contributed by atoms with Gasteiger partial charge in [-0.15, -0.1) is 0 Å². The number of rotatable bonds is 6. The molecule has 0 unspecified atom stereocenters. The van der Waals surface area contributed by atoms with Gasteiger partial charge in [-0.25, -0.2) is 9.59 Å². The first kappa shape index (κ1) is 14.8. The highest BCUT2D eigenvalue weighted by molar-refractivity contribution is 5.40. The summed E-state index contributed by atoms with van der Waals surface area (Å²) in [6.07, 6.45) is 10.9. The fourth-order valence-corrected chi connectivity index (χ4v) is 3.56. The van der Waals surface area contributed by atoms with E-state index in [0.29, 0.717) is 6.42 Å². The number of nitrogens with zero attached hydrogens (tertiary/aromatic N) is 2. The van der Waals surface area contributed by atoms with Crippen molar-refractivity contribution < 1.29 is 9.59 Å². The Labute approximate surface area is 109 Å². The molecule has 0 spiro atoms. The fraction of sp³-hybridized carbons (Fsp3) is 0.857. The van der Waals surface area contributed by atoms with Gasteiger partial charge in [-0.3, -0.25) is 0 Å². The van der Waals surface area contributed by atoms with E-state index in [2.05, 4.69) is 23.8 Å². The molecular formula is C14H22N2O2. The third kappa shape index (κ3) is 2.60. The predicted molar refractivity (Wildman–Crippen MR) is 69.7 cm³/mol. The molecule has 18 heavy (non-hydrogen) atoms. The van der Waals surface area contributed by atoms with Gasteiger partial charge in [-0.2, -0.15) is 9.98 Å². The normalized spacial score (nSPS) is 25.9. The molecule has 4 heteroatoms. The summed E-state index contributed by atoms with van der Waals surface area (Å²) < 4.78 is 0. The number of carbonyl (C=O) groups excluding carboxylic acids is 2. The summed E-state index contributed by atoms with van der Waals surface area (Å²) in [5.41, 5.74) is -1.07. The van der Waals surface area contributed by atoms with Gasteiger partial charge in [-0.05, 0) is 32.1 Å². The summed E-state index contributed by atoms with van der Waals surface area (Å²) >= 11 is 0. The molecule has 1 saturated carbocycles.